The first-order valence-corrected chi connectivity index (χ1v) is 6.01. The highest BCUT2D eigenvalue weighted by Crippen LogP contribution is 2.20. The number of ether oxygens (including phenoxy) is 1. The molecule has 0 aromatic heterocycles. The second-order valence-electron chi connectivity index (χ2n) is 4.13. The molecule has 0 aliphatic carbocycles. The summed E-state index contributed by atoms with van der Waals surface area (Å²) in [6.45, 7) is 1.56. The third-order valence-electron chi connectivity index (χ3n) is 2.66. The van der Waals surface area contributed by atoms with Crippen molar-refractivity contribution in [3.8, 4) is 0 Å². The maximum absolute atomic E-state index is 13.8. The number of hydrogen-bond donors (Lipinski definition) is 1. The number of nitrogen functional groups attached to an aromatic ring is 1. The Morgan fingerprint density at radius 2 is 2.00 bits per heavy atom. The van der Waals surface area contributed by atoms with Gasteiger partial charge in [0.15, 0.2) is 5.82 Å². The molecular formula is C13H16F2N2O3. The fourth-order valence-corrected chi connectivity index (χ4v) is 1.67. The molecule has 0 heterocycles. The van der Waals surface area contributed by atoms with Crippen molar-refractivity contribution in [2.75, 3.05) is 25.9 Å². The molecule has 110 valence electrons. The molecule has 0 fully saturated rings. The predicted octanol–water partition coefficient (Wildman–Crippen LogP) is 1.57. The third-order valence-corrected chi connectivity index (χ3v) is 2.66. The van der Waals surface area contributed by atoms with Gasteiger partial charge < -0.3 is 15.4 Å². The minimum atomic E-state index is -1.12. The number of rotatable bonds is 5. The number of halogens is 2. The maximum Gasteiger partial charge on any atom is 0.325 e. The summed E-state index contributed by atoms with van der Waals surface area (Å²) in [5.41, 5.74) is 4.23. The fourth-order valence-electron chi connectivity index (χ4n) is 1.67. The van der Waals surface area contributed by atoms with Crippen molar-refractivity contribution < 1.29 is 23.1 Å². The molecule has 0 spiro atoms. The molecule has 20 heavy (non-hydrogen) atoms. The van der Waals surface area contributed by atoms with Crippen LogP contribution in [0.15, 0.2) is 12.1 Å². The van der Waals surface area contributed by atoms with Gasteiger partial charge in [-0.15, -0.1) is 0 Å². The number of methoxy groups -OCH3 is 1. The van der Waals surface area contributed by atoms with Crippen LogP contribution in [0.4, 0.5) is 14.5 Å². The molecule has 0 aliphatic heterocycles. The Kier molecular flexibility index (Phi) is 5.42. The van der Waals surface area contributed by atoms with E-state index >= 15 is 0 Å². The molecule has 7 heteroatoms. The molecule has 1 aromatic rings. The van der Waals surface area contributed by atoms with Crippen LogP contribution in [0.3, 0.4) is 0 Å². The van der Waals surface area contributed by atoms with Gasteiger partial charge in [0, 0.05) is 6.54 Å². The van der Waals surface area contributed by atoms with Crippen molar-refractivity contribution in [1.82, 2.24) is 4.90 Å². The summed E-state index contributed by atoms with van der Waals surface area (Å²) in [4.78, 5) is 24.4. The number of benzene rings is 1. The number of amides is 1. The van der Waals surface area contributed by atoms with Crippen molar-refractivity contribution in [2.45, 2.75) is 13.3 Å². The summed E-state index contributed by atoms with van der Waals surface area (Å²) in [6.07, 6.45) is 0.522. The normalized spacial score (nSPS) is 10.2. The Morgan fingerprint density at radius 3 is 2.55 bits per heavy atom. The number of esters is 1. The number of carbonyl (C=O) groups is 2. The van der Waals surface area contributed by atoms with Crippen molar-refractivity contribution in [1.29, 1.82) is 0 Å². The van der Waals surface area contributed by atoms with Gasteiger partial charge in [0.05, 0.1) is 12.8 Å². The number of nitrogens with zero attached hydrogens (tertiary/aromatic N) is 1. The molecule has 0 radical (unpaired) electrons. The Bertz CT molecular complexity index is 521. The van der Waals surface area contributed by atoms with Crippen molar-refractivity contribution in [2.24, 2.45) is 0 Å². The molecule has 0 saturated heterocycles. The lowest BCUT2D eigenvalue weighted by Gasteiger charge is -2.21. The molecular weight excluding hydrogens is 270 g/mol. The molecule has 1 amide bonds. The molecule has 1 aromatic carbocycles. The maximum atomic E-state index is 13.8. The zero-order valence-electron chi connectivity index (χ0n) is 11.3. The van der Waals surface area contributed by atoms with Gasteiger partial charge in [0.25, 0.3) is 5.91 Å². The van der Waals surface area contributed by atoms with Gasteiger partial charge in [-0.05, 0) is 18.6 Å². The van der Waals surface area contributed by atoms with Crippen molar-refractivity contribution in [3.05, 3.63) is 29.3 Å². The van der Waals surface area contributed by atoms with Crippen LogP contribution in [-0.2, 0) is 9.53 Å². The quantitative estimate of drug-likeness (QED) is 0.658. The minimum Gasteiger partial charge on any atom is -0.468 e. The molecule has 0 aliphatic rings. The lowest BCUT2D eigenvalue weighted by atomic mass is 10.1. The van der Waals surface area contributed by atoms with Crippen LogP contribution in [0.5, 0.6) is 0 Å². The van der Waals surface area contributed by atoms with Crippen molar-refractivity contribution in [3.63, 3.8) is 0 Å². The predicted molar refractivity (Wildman–Crippen MR) is 69.0 cm³/mol. The van der Waals surface area contributed by atoms with E-state index < -0.39 is 29.1 Å². The first-order chi connectivity index (χ1) is 9.42. The SMILES string of the molecule is CCCN(CC(=O)OC)C(=O)c1c(F)ccc(N)c1F. The zero-order valence-corrected chi connectivity index (χ0v) is 11.3. The van der Waals surface area contributed by atoms with E-state index in [2.05, 4.69) is 4.74 Å². The summed E-state index contributed by atoms with van der Waals surface area (Å²) in [7, 11) is 1.17. The van der Waals surface area contributed by atoms with E-state index in [-0.39, 0.29) is 18.8 Å². The number of carbonyl (C=O) groups excluding carboxylic acids is 2. The Morgan fingerprint density at radius 1 is 1.35 bits per heavy atom. The van der Waals surface area contributed by atoms with Gasteiger partial charge >= 0.3 is 5.97 Å². The van der Waals surface area contributed by atoms with Gasteiger partial charge in [-0.3, -0.25) is 9.59 Å². The van der Waals surface area contributed by atoms with Gasteiger partial charge in [-0.25, -0.2) is 8.78 Å². The average Bonchev–Trinajstić information content (AvgIpc) is 2.42. The number of hydrogen-bond acceptors (Lipinski definition) is 4. The first-order valence-electron chi connectivity index (χ1n) is 6.01. The summed E-state index contributed by atoms with van der Waals surface area (Å²) < 4.78 is 31.9. The Labute approximate surface area is 115 Å². The molecule has 1 rings (SSSR count). The number of anilines is 1. The molecule has 0 bridgehead atoms. The monoisotopic (exact) mass is 286 g/mol. The third kappa shape index (κ3) is 3.43. The minimum absolute atomic E-state index is 0.168. The second-order valence-corrected chi connectivity index (χ2v) is 4.13. The van der Waals surface area contributed by atoms with Crippen LogP contribution < -0.4 is 5.73 Å². The lowest BCUT2D eigenvalue weighted by Crippen LogP contribution is -2.37. The molecule has 0 atom stereocenters. The molecule has 0 unspecified atom stereocenters. The number of nitrogens with two attached hydrogens (primary N) is 1. The largest absolute Gasteiger partial charge is 0.468 e. The zero-order chi connectivity index (χ0) is 15.3. The van der Waals surface area contributed by atoms with E-state index in [0.29, 0.717) is 6.42 Å². The van der Waals surface area contributed by atoms with Crippen LogP contribution >= 0.6 is 0 Å². The second kappa shape index (κ2) is 6.83. The Hall–Kier alpha value is -2.18. The van der Waals surface area contributed by atoms with E-state index in [1.54, 1.807) is 6.92 Å². The Balaban J connectivity index is 3.12. The van der Waals surface area contributed by atoms with E-state index in [4.69, 9.17) is 5.73 Å². The van der Waals surface area contributed by atoms with E-state index in [1.165, 1.54) is 7.11 Å². The molecule has 5 nitrogen and oxygen atoms in total. The van der Waals surface area contributed by atoms with Crippen LogP contribution in [-0.4, -0.2) is 37.0 Å². The summed E-state index contributed by atoms with van der Waals surface area (Å²) >= 11 is 0. The van der Waals surface area contributed by atoms with E-state index in [0.717, 1.165) is 17.0 Å². The molecule has 0 saturated carbocycles. The standard InChI is InChI=1S/C13H16F2N2O3/c1-3-6-17(7-10(18)20-2)13(19)11-8(14)4-5-9(16)12(11)15/h4-5H,3,6-7,16H2,1-2H3. The van der Waals surface area contributed by atoms with Gasteiger partial charge in [0.2, 0.25) is 0 Å². The first kappa shape index (κ1) is 15.9. The lowest BCUT2D eigenvalue weighted by molar-refractivity contribution is -0.141. The van der Waals surface area contributed by atoms with E-state index in [1.807, 2.05) is 0 Å². The highest BCUT2D eigenvalue weighted by molar-refractivity contribution is 5.97. The van der Waals surface area contributed by atoms with Crippen LogP contribution in [0.2, 0.25) is 0 Å². The smallest absolute Gasteiger partial charge is 0.325 e. The molecule has 2 N–H and O–H groups in total. The highest BCUT2D eigenvalue weighted by Gasteiger charge is 2.25. The summed E-state index contributed by atoms with van der Waals surface area (Å²) in [5.74, 6) is -3.75. The van der Waals surface area contributed by atoms with Gasteiger partial charge in [0.1, 0.15) is 17.9 Å². The van der Waals surface area contributed by atoms with Crippen molar-refractivity contribution >= 4 is 17.6 Å². The van der Waals surface area contributed by atoms with Crippen LogP contribution in [0.1, 0.15) is 23.7 Å². The van der Waals surface area contributed by atoms with Gasteiger partial charge in [-0.1, -0.05) is 6.92 Å². The highest BCUT2D eigenvalue weighted by atomic mass is 19.1. The topological polar surface area (TPSA) is 72.6 Å². The summed E-state index contributed by atoms with van der Waals surface area (Å²) in [6, 6.07) is 1.94. The van der Waals surface area contributed by atoms with Crippen LogP contribution in [0.25, 0.3) is 0 Å². The average molecular weight is 286 g/mol. The fraction of sp³-hybridized carbons (Fsp3) is 0.385. The van der Waals surface area contributed by atoms with Crippen LogP contribution in [0, 0.1) is 11.6 Å². The van der Waals surface area contributed by atoms with E-state index in [9.17, 15) is 18.4 Å². The summed E-state index contributed by atoms with van der Waals surface area (Å²) in [5, 5.41) is 0. The van der Waals surface area contributed by atoms with Gasteiger partial charge in [-0.2, -0.15) is 0 Å².